The number of methoxy groups -OCH3 is 1. The van der Waals surface area contributed by atoms with Gasteiger partial charge in [-0.05, 0) is 67.5 Å². The highest BCUT2D eigenvalue weighted by atomic mass is 19.1. The van der Waals surface area contributed by atoms with Crippen molar-refractivity contribution in [3.05, 3.63) is 59.9 Å². The molecule has 6 heteroatoms. The highest BCUT2D eigenvalue weighted by molar-refractivity contribution is 5.84. The van der Waals surface area contributed by atoms with Crippen molar-refractivity contribution >= 4 is 16.7 Å². The van der Waals surface area contributed by atoms with E-state index in [2.05, 4.69) is 11.0 Å². The number of aliphatic hydroxyl groups excluding tert-OH is 1. The first-order valence-electron chi connectivity index (χ1n) is 10.8. The first-order chi connectivity index (χ1) is 15.0. The molecule has 0 unspecified atom stereocenters. The number of hydrogen-bond donors (Lipinski definition) is 1. The van der Waals surface area contributed by atoms with E-state index < -0.39 is 6.10 Å². The largest absolute Gasteiger partial charge is 0.493 e. The highest BCUT2D eigenvalue weighted by Crippen LogP contribution is 2.40. The van der Waals surface area contributed by atoms with E-state index in [1.54, 1.807) is 13.2 Å². The summed E-state index contributed by atoms with van der Waals surface area (Å²) >= 11 is 0. The Hall–Kier alpha value is -2.86. The first kappa shape index (κ1) is 20.1. The SMILES string of the molecule is COc1ccccc1O[C@@H]1C[C@@H]2CN(c3cc(C)c4ccc(F)cc4n3)C[C@@H]2C[C@H]1O. The number of aryl methyl sites for hydroxylation is 1. The Morgan fingerprint density at radius 1 is 1.03 bits per heavy atom. The van der Waals surface area contributed by atoms with Crippen LogP contribution in [0.3, 0.4) is 0 Å². The number of anilines is 1. The maximum absolute atomic E-state index is 13.7. The van der Waals surface area contributed by atoms with E-state index >= 15 is 0 Å². The minimum Gasteiger partial charge on any atom is -0.493 e. The van der Waals surface area contributed by atoms with E-state index in [9.17, 15) is 9.50 Å². The third-order valence-corrected chi connectivity index (χ3v) is 6.72. The first-order valence-corrected chi connectivity index (χ1v) is 10.8. The average Bonchev–Trinajstić information content (AvgIpc) is 3.16. The molecule has 2 aromatic carbocycles. The number of rotatable bonds is 4. The van der Waals surface area contributed by atoms with Crippen molar-refractivity contribution in [3.8, 4) is 11.5 Å². The third kappa shape index (κ3) is 3.81. The summed E-state index contributed by atoms with van der Waals surface area (Å²) in [6, 6.07) is 14.4. The van der Waals surface area contributed by atoms with Gasteiger partial charge in [0, 0.05) is 24.5 Å². The molecule has 1 aliphatic heterocycles. The number of halogens is 1. The summed E-state index contributed by atoms with van der Waals surface area (Å²) in [5.74, 6) is 2.74. The van der Waals surface area contributed by atoms with Crippen molar-refractivity contribution in [3.63, 3.8) is 0 Å². The molecule has 0 amide bonds. The summed E-state index contributed by atoms with van der Waals surface area (Å²) in [5.41, 5.74) is 1.77. The molecule has 4 atom stereocenters. The Morgan fingerprint density at radius 2 is 1.77 bits per heavy atom. The van der Waals surface area contributed by atoms with E-state index in [0.717, 1.165) is 36.3 Å². The molecule has 2 heterocycles. The van der Waals surface area contributed by atoms with Crippen molar-refractivity contribution in [1.82, 2.24) is 4.98 Å². The number of fused-ring (bicyclic) bond motifs is 2. The topological polar surface area (TPSA) is 54.8 Å². The van der Waals surface area contributed by atoms with E-state index in [0.29, 0.717) is 35.3 Å². The van der Waals surface area contributed by atoms with Crippen molar-refractivity contribution in [2.75, 3.05) is 25.1 Å². The molecule has 5 nitrogen and oxygen atoms in total. The lowest BCUT2D eigenvalue weighted by Gasteiger charge is -2.35. The van der Waals surface area contributed by atoms with Gasteiger partial charge in [0.15, 0.2) is 11.5 Å². The lowest BCUT2D eigenvalue weighted by atomic mass is 9.78. The molecule has 2 aliphatic rings. The van der Waals surface area contributed by atoms with Gasteiger partial charge in [0.25, 0.3) is 0 Å². The van der Waals surface area contributed by atoms with Gasteiger partial charge in [-0.25, -0.2) is 9.37 Å². The standard InChI is InChI=1S/C25H27FN2O3/c1-15-9-25(27-20-12-18(26)7-8-19(15)20)28-13-16-10-21(29)24(11-17(16)14-28)31-23-6-4-3-5-22(23)30-2/h3-9,12,16-17,21,24,29H,10-11,13-14H2,1-2H3/t16-,17+,21+,24+/m0/s1. The van der Waals surface area contributed by atoms with Gasteiger partial charge in [-0.3, -0.25) is 0 Å². The van der Waals surface area contributed by atoms with Crippen LogP contribution in [0.1, 0.15) is 18.4 Å². The fourth-order valence-electron chi connectivity index (χ4n) is 5.10. The zero-order chi connectivity index (χ0) is 21.5. The van der Waals surface area contributed by atoms with Gasteiger partial charge in [0.1, 0.15) is 17.7 Å². The molecule has 5 rings (SSSR count). The lowest BCUT2D eigenvalue weighted by Crippen LogP contribution is -2.42. The second kappa shape index (κ2) is 8.00. The van der Waals surface area contributed by atoms with Gasteiger partial charge < -0.3 is 19.5 Å². The Balaban J connectivity index is 1.34. The maximum atomic E-state index is 13.7. The van der Waals surface area contributed by atoms with Crippen molar-refractivity contribution in [2.24, 2.45) is 11.8 Å². The van der Waals surface area contributed by atoms with Crippen LogP contribution < -0.4 is 14.4 Å². The molecule has 2 fully saturated rings. The number of para-hydroxylation sites is 2. The van der Waals surface area contributed by atoms with Gasteiger partial charge in [-0.15, -0.1) is 0 Å². The summed E-state index contributed by atoms with van der Waals surface area (Å²) in [6.45, 7) is 3.74. The maximum Gasteiger partial charge on any atom is 0.161 e. The van der Waals surface area contributed by atoms with Gasteiger partial charge in [0.05, 0.1) is 18.7 Å². The van der Waals surface area contributed by atoms with Crippen molar-refractivity contribution < 1.29 is 19.0 Å². The van der Waals surface area contributed by atoms with Crippen molar-refractivity contribution in [2.45, 2.75) is 32.0 Å². The molecule has 1 saturated heterocycles. The summed E-state index contributed by atoms with van der Waals surface area (Å²) in [4.78, 5) is 7.01. The fourth-order valence-corrected chi connectivity index (χ4v) is 5.10. The number of hydrogen-bond acceptors (Lipinski definition) is 5. The summed E-state index contributed by atoms with van der Waals surface area (Å²) in [5, 5.41) is 11.7. The molecule has 0 bridgehead atoms. The molecule has 1 aromatic heterocycles. The van der Waals surface area contributed by atoms with Crippen LogP contribution in [-0.4, -0.2) is 42.5 Å². The summed E-state index contributed by atoms with van der Waals surface area (Å²) in [6.07, 6.45) is 0.688. The molecule has 31 heavy (non-hydrogen) atoms. The number of nitrogens with zero attached hydrogens (tertiary/aromatic N) is 2. The van der Waals surface area contributed by atoms with Crippen molar-refractivity contribution in [1.29, 1.82) is 0 Å². The predicted molar refractivity (Wildman–Crippen MR) is 118 cm³/mol. The van der Waals surface area contributed by atoms with Crippen LogP contribution >= 0.6 is 0 Å². The van der Waals surface area contributed by atoms with Crippen LogP contribution in [0, 0.1) is 24.6 Å². The Bertz CT molecular complexity index is 1110. The normalized spacial score (nSPS) is 25.5. The van der Waals surface area contributed by atoms with Crippen LogP contribution in [0.5, 0.6) is 11.5 Å². The highest BCUT2D eigenvalue weighted by Gasteiger charge is 2.43. The number of benzene rings is 2. The van der Waals surface area contributed by atoms with E-state index in [4.69, 9.17) is 14.5 Å². The van der Waals surface area contributed by atoms with E-state index in [1.807, 2.05) is 31.2 Å². The van der Waals surface area contributed by atoms with E-state index in [1.165, 1.54) is 12.1 Å². The van der Waals surface area contributed by atoms with Gasteiger partial charge in [-0.2, -0.15) is 0 Å². The summed E-state index contributed by atoms with van der Waals surface area (Å²) in [7, 11) is 1.62. The molecular weight excluding hydrogens is 395 g/mol. The Kier molecular flexibility index (Phi) is 5.18. The van der Waals surface area contributed by atoms with Crippen LogP contribution in [0.2, 0.25) is 0 Å². The minimum absolute atomic E-state index is 0.266. The van der Waals surface area contributed by atoms with E-state index in [-0.39, 0.29) is 11.9 Å². The quantitative estimate of drug-likeness (QED) is 0.678. The molecule has 1 saturated carbocycles. The fraction of sp³-hybridized carbons (Fsp3) is 0.400. The third-order valence-electron chi connectivity index (χ3n) is 6.72. The lowest BCUT2D eigenvalue weighted by molar-refractivity contribution is -0.0240. The smallest absolute Gasteiger partial charge is 0.161 e. The molecule has 3 aromatic rings. The average molecular weight is 423 g/mol. The number of aliphatic hydroxyl groups is 1. The Morgan fingerprint density at radius 3 is 2.55 bits per heavy atom. The molecule has 0 spiro atoms. The van der Waals surface area contributed by atoms with Crippen LogP contribution in [0.25, 0.3) is 10.9 Å². The monoisotopic (exact) mass is 422 g/mol. The molecule has 162 valence electrons. The van der Waals surface area contributed by atoms with Gasteiger partial charge in [0.2, 0.25) is 0 Å². The minimum atomic E-state index is -0.522. The van der Waals surface area contributed by atoms with Crippen LogP contribution in [0.15, 0.2) is 48.5 Å². The zero-order valence-corrected chi connectivity index (χ0v) is 17.8. The molecule has 1 aliphatic carbocycles. The molecular formula is C25H27FN2O3. The van der Waals surface area contributed by atoms with Gasteiger partial charge >= 0.3 is 0 Å². The second-order valence-corrected chi connectivity index (χ2v) is 8.73. The Labute approximate surface area is 181 Å². The van der Waals surface area contributed by atoms with Crippen LogP contribution in [-0.2, 0) is 0 Å². The number of ether oxygens (including phenoxy) is 2. The predicted octanol–water partition coefficient (Wildman–Crippen LogP) is 4.35. The number of pyridine rings is 1. The zero-order valence-electron chi connectivity index (χ0n) is 17.8. The second-order valence-electron chi connectivity index (χ2n) is 8.73. The number of aromatic nitrogens is 1. The van der Waals surface area contributed by atoms with Crippen LogP contribution in [0.4, 0.5) is 10.2 Å². The molecule has 1 N–H and O–H groups in total. The van der Waals surface area contributed by atoms with Gasteiger partial charge in [-0.1, -0.05) is 12.1 Å². The summed E-state index contributed by atoms with van der Waals surface area (Å²) < 4.78 is 25.3. The molecule has 0 radical (unpaired) electrons.